The number of nitrogens with zero attached hydrogens (tertiary/aromatic N) is 2. The van der Waals surface area contributed by atoms with Crippen LogP contribution in [0, 0.1) is 6.92 Å². The number of sulfonamides is 1. The zero-order valence-electron chi connectivity index (χ0n) is 23.1. The van der Waals surface area contributed by atoms with Crippen LogP contribution in [0.3, 0.4) is 0 Å². The molecular weight excluding hydrogens is 569 g/mol. The lowest BCUT2D eigenvalue weighted by Crippen LogP contribution is -2.53. The molecule has 2 atom stereocenters. The number of rotatable bonds is 12. The van der Waals surface area contributed by atoms with Gasteiger partial charge in [-0.25, -0.2) is 8.42 Å². The second-order valence-corrected chi connectivity index (χ2v) is 12.3. The van der Waals surface area contributed by atoms with E-state index in [9.17, 15) is 18.0 Å². The number of carbonyl (C=O) groups is 2. The molecule has 214 valence electrons. The first-order valence-electron chi connectivity index (χ1n) is 13.2. The molecule has 0 radical (unpaired) electrons. The molecule has 0 aliphatic heterocycles. The predicted molar refractivity (Wildman–Crippen MR) is 161 cm³/mol. The lowest BCUT2D eigenvalue weighted by Gasteiger charge is -2.34. The third kappa shape index (κ3) is 7.56. The molecule has 0 aromatic heterocycles. The van der Waals surface area contributed by atoms with Crippen LogP contribution in [0.5, 0.6) is 0 Å². The zero-order chi connectivity index (χ0) is 29.4. The van der Waals surface area contributed by atoms with Crippen LogP contribution in [0.15, 0.2) is 77.7 Å². The summed E-state index contributed by atoms with van der Waals surface area (Å²) in [5, 5.41) is 3.38. The van der Waals surface area contributed by atoms with Crippen molar-refractivity contribution >= 4 is 50.7 Å². The van der Waals surface area contributed by atoms with E-state index in [1.165, 1.54) is 35.2 Å². The molecule has 0 heterocycles. The minimum absolute atomic E-state index is 0.0147. The second-order valence-electron chi connectivity index (χ2n) is 9.61. The Hall–Kier alpha value is -3.07. The molecule has 7 nitrogen and oxygen atoms in total. The monoisotopic (exact) mass is 603 g/mol. The normalized spacial score (nSPS) is 12.8. The summed E-state index contributed by atoms with van der Waals surface area (Å²) in [4.78, 5) is 28.9. The summed E-state index contributed by atoms with van der Waals surface area (Å²) in [5.41, 5.74) is 1.99. The van der Waals surface area contributed by atoms with Crippen LogP contribution in [0.4, 0.5) is 5.69 Å². The largest absolute Gasteiger partial charge is 0.352 e. The average Bonchev–Trinajstić information content (AvgIpc) is 2.94. The minimum Gasteiger partial charge on any atom is -0.352 e. The summed E-state index contributed by atoms with van der Waals surface area (Å²) in [6.07, 6.45) is 1.08. The molecule has 0 saturated heterocycles. The highest BCUT2D eigenvalue weighted by Gasteiger charge is 2.34. The summed E-state index contributed by atoms with van der Waals surface area (Å²) < 4.78 is 28.7. The smallest absolute Gasteiger partial charge is 0.264 e. The number of amides is 2. The van der Waals surface area contributed by atoms with E-state index in [0.29, 0.717) is 6.42 Å². The van der Waals surface area contributed by atoms with Crippen LogP contribution in [0.1, 0.15) is 44.7 Å². The first kappa shape index (κ1) is 31.5. The van der Waals surface area contributed by atoms with Gasteiger partial charge in [0, 0.05) is 12.6 Å². The Morgan fingerprint density at radius 1 is 0.900 bits per heavy atom. The lowest BCUT2D eigenvalue weighted by molar-refractivity contribution is -0.140. The van der Waals surface area contributed by atoms with E-state index >= 15 is 0 Å². The number of aryl methyl sites for hydroxylation is 1. The van der Waals surface area contributed by atoms with Crippen molar-refractivity contribution in [1.82, 2.24) is 10.2 Å². The van der Waals surface area contributed by atoms with E-state index in [2.05, 4.69) is 5.32 Å². The number of carbonyl (C=O) groups excluding carboxylic acids is 2. The van der Waals surface area contributed by atoms with Crippen molar-refractivity contribution in [2.75, 3.05) is 10.8 Å². The summed E-state index contributed by atoms with van der Waals surface area (Å²) in [5.74, 6) is -0.814. The molecule has 0 saturated carbocycles. The maximum absolute atomic E-state index is 14.1. The predicted octanol–water partition coefficient (Wildman–Crippen LogP) is 6.22. The van der Waals surface area contributed by atoms with Crippen molar-refractivity contribution in [3.05, 3.63) is 94.0 Å². The van der Waals surface area contributed by atoms with Gasteiger partial charge in [0.15, 0.2) is 0 Å². The fourth-order valence-electron chi connectivity index (χ4n) is 4.22. The molecule has 0 fully saturated rings. The van der Waals surface area contributed by atoms with Gasteiger partial charge in [-0.05, 0) is 68.1 Å². The Morgan fingerprint density at radius 3 is 2.15 bits per heavy atom. The summed E-state index contributed by atoms with van der Waals surface area (Å²) >= 11 is 12.4. The second kappa shape index (κ2) is 14.0. The molecular formula is C30H35Cl2N3O4S. The van der Waals surface area contributed by atoms with Gasteiger partial charge in [0.25, 0.3) is 10.0 Å². The number of halogens is 2. The Kier molecular flexibility index (Phi) is 11.0. The Balaban J connectivity index is 2.08. The van der Waals surface area contributed by atoms with Crippen molar-refractivity contribution in [1.29, 1.82) is 0 Å². The van der Waals surface area contributed by atoms with Gasteiger partial charge in [-0.15, -0.1) is 0 Å². The van der Waals surface area contributed by atoms with Gasteiger partial charge in [-0.1, -0.05) is 79.5 Å². The molecule has 3 rings (SSSR count). The van der Waals surface area contributed by atoms with Crippen LogP contribution in [0.2, 0.25) is 10.0 Å². The first-order valence-corrected chi connectivity index (χ1v) is 15.4. The van der Waals surface area contributed by atoms with Crippen molar-refractivity contribution in [3.8, 4) is 0 Å². The molecule has 1 N–H and O–H groups in total. The van der Waals surface area contributed by atoms with Gasteiger partial charge in [-0.2, -0.15) is 0 Å². The quantitative estimate of drug-likeness (QED) is 0.266. The Labute approximate surface area is 247 Å². The lowest BCUT2D eigenvalue weighted by atomic mass is 10.1. The zero-order valence-corrected chi connectivity index (χ0v) is 25.4. The Morgan fingerprint density at radius 2 is 1.55 bits per heavy atom. The molecule has 40 heavy (non-hydrogen) atoms. The SMILES string of the molecule is CCC(C)NC(=O)C(CC)N(Cc1ccccc1C)C(=O)CN(c1ccc(Cl)c(Cl)c1)S(=O)(=O)c1ccccc1. The van der Waals surface area contributed by atoms with Crippen LogP contribution in [-0.4, -0.2) is 43.8 Å². The van der Waals surface area contributed by atoms with Gasteiger partial charge in [-0.3, -0.25) is 13.9 Å². The molecule has 2 amide bonds. The van der Waals surface area contributed by atoms with E-state index in [4.69, 9.17) is 23.2 Å². The van der Waals surface area contributed by atoms with Crippen molar-refractivity contribution in [3.63, 3.8) is 0 Å². The van der Waals surface area contributed by atoms with E-state index < -0.39 is 28.5 Å². The molecule has 3 aromatic rings. The van der Waals surface area contributed by atoms with Gasteiger partial charge >= 0.3 is 0 Å². The fraction of sp³-hybridized carbons (Fsp3) is 0.333. The third-order valence-electron chi connectivity index (χ3n) is 6.79. The highest BCUT2D eigenvalue weighted by molar-refractivity contribution is 7.92. The fourth-order valence-corrected chi connectivity index (χ4v) is 5.94. The van der Waals surface area contributed by atoms with E-state index in [1.807, 2.05) is 52.0 Å². The van der Waals surface area contributed by atoms with Crippen molar-refractivity contribution < 1.29 is 18.0 Å². The number of benzene rings is 3. The summed E-state index contributed by atoms with van der Waals surface area (Å²) in [6.45, 7) is 7.21. The van der Waals surface area contributed by atoms with Crippen LogP contribution in [-0.2, 0) is 26.2 Å². The average molecular weight is 605 g/mol. The topological polar surface area (TPSA) is 86.8 Å². The minimum atomic E-state index is -4.19. The number of hydrogen-bond donors (Lipinski definition) is 1. The van der Waals surface area contributed by atoms with E-state index in [-0.39, 0.29) is 39.1 Å². The van der Waals surface area contributed by atoms with Crippen LogP contribution < -0.4 is 9.62 Å². The van der Waals surface area contributed by atoms with Crippen molar-refractivity contribution in [2.45, 2.75) is 64.1 Å². The van der Waals surface area contributed by atoms with Gasteiger partial charge in [0.05, 0.1) is 20.6 Å². The van der Waals surface area contributed by atoms with Crippen LogP contribution >= 0.6 is 23.2 Å². The highest BCUT2D eigenvalue weighted by atomic mass is 35.5. The number of nitrogens with one attached hydrogen (secondary N) is 1. The maximum atomic E-state index is 14.1. The van der Waals surface area contributed by atoms with Gasteiger partial charge in [0.1, 0.15) is 12.6 Å². The first-order chi connectivity index (χ1) is 19.0. The molecule has 0 aliphatic rings. The Bertz CT molecular complexity index is 1430. The molecule has 3 aromatic carbocycles. The standard InChI is InChI=1S/C30H35Cl2N3O4S/c1-5-22(4)33-30(37)28(6-2)34(19-23-13-11-10-12-21(23)3)29(36)20-35(24-16-17-26(31)27(32)18-24)40(38,39)25-14-8-7-9-15-25/h7-18,22,28H,5-6,19-20H2,1-4H3,(H,33,37). The van der Waals surface area contributed by atoms with Gasteiger partial charge < -0.3 is 10.2 Å². The molecule has 2 unspecified atom stereocenters. The molecule has 0 bridgehead atoms. The third-order valence-corrected chi connectivity index (χ3v) is 9.32. The van der Waals surface area contributed by atoms with Crippen molar-refractivity contribution in [2.24, 2.45) is 0 Å². The molecule has 10 heteroatoms. The molecule has 0 aliphatic carbocycles. The summed E-state index contributed by atoms with van der Waals surface area (Å²) in [7, 11) is -4.19. The summed E-state index contributed by atoms with van der Waals surface area (Å²) in [6, 6.07) is 19.0. The van der Waals surface area contributed by atoms with E-state index in [1.54, 1.807) is 18.2 Å². The maximum Gasteiger partial charge on any atom is 0.264 e. The van der Waals surface area contributed by atoms with Gasteiger partial charge in [0.2, 0.25) is 11.8 Å². The number of anilines is 1. The highest BCUT2D eigenvalue weighted by Crippen LogP contribution is 2.31. The molecule has 0 spiro atoms. The van der Waals surface area contributed by atoms with E-state index in [0.717, 1.165) is 21.9 Å². The van der Waals surface area contributed by atoms with Crippen LogP contribution in [0.25, 0.3) is 0 Å². The number of hydrogen-bond acceptors (Lipinski definition) is 4.